The van der Waals surface area contributed by atoms with Crippen LogP contribution in [0.2, 0.25) is 0 Å². The molecule has 0 aliphatic carbocycles. The molecule has 0 amide bonds. The molecule has 0 atom stereocenters. The highest BCUT2D eigenvalue weighted by atomic mass is 15.2. The van der Waals surface area contributed by atoms with Crippen molar-refractivity contribution < 1.29 is 0 Å². The van der Waals surface area contributed by atoms with E-state index in [0.29, 0.717) is 6.54 Å². The zero-order valence-electron chi connectivity index (χ0n) is 10.5. The molecule has 0 aliphatic heterocycles. The average Bonchev–Trinajstić information content (AvgIpc) is 2.46. The van der Waals surface area contributed by atoms with Crippen molar-refractivity contribution in [2.24, 2.45) is 5.73 Å². The van der Waals surface area contributed by atoms with Gasteiger partial charge in [0, 0.05) is 38.7 Å². The van der Waals surface area contributed by atoms with Gasteiger partial charge in [0.15, 0.2) is 0 Å². The maximum atomic E-state index is 5.56. The van der Waals surface area contributed by atoms with Gasteiger partial charge in [-0.15, -0.1) is 0 Å². The molecule has 2 heterocycles. The second-order valence-corrected chi connectivity index (χ2v) is 4.10. The predicted molar refractivity (Wildman–Crippen MR) is 71.1 cm³/mol. The van der Waals surface area contributed by atoms with Crippen molar-refractivity contribution in [3.8, 4) is 0 Å². The third-order valence-electron chi connectivity index (χ3n) is 2.76. The molecule has 2 aromatic heterocycles. The minimum absolute atomic E-state index is 0.416. The van der Waals surface area contributed by atoms with Crippen molar-refractivity contribution in [1.82, 2.24) is 15.0 Å². The maximum absolute atomic E-state index is 5.56. The molecule has 94 valence electrons. The Kier molecular flexibility index (Phi) is 4.20. The molecule has 0 unspecified atom stereocenters. The van der Waals surface area contributed by atoms with Crippen LogP contribution in [-0.2, 0) is 13.0 Å². The lowest BCUT2D eigenvalue weighted by Gasteiger charge is -2.18. The van der Waals surface area contributed by atoms with Gasteiger partial charge in [0.25, 0.3) is 0 Å². The van der Waals surface area contributed by atoms with Gasteiger partial charge in [0.1, 0.15) is 5.82 Å². The number of anilines is 1. The smallest absolute Gasteiger partial charge is 0.147 e. The second-order valence-electron chi connectivity index (χ2n) is 4.10. The molecule has 0 bridgehead atoms. The summed E-state index contributed by atoms with van der Waals surface area (Å²) in [7, 11) is 2.01. The molecular weight excluding hydrogens is 226 g/mol. The fraction of sp³-hybridized carbons (Fsp3) is 0.308. The number of aromatic nitrogens is 3. The molecule has 2 aromatic rings. The number of pyridine rings is 1. The fourth-order valence-electron chi connectivity index (χ4n) is 1.64. The monoisotopic (exact) mass is 243 g/mol. The number of nitrogens with two attached hydrogens (primary N) is 1. The van der Waals surface area contributed by atoms with Gasteiger partial charge in [0.2, 0.25) is 0 Å². The quantitative estimate of drug-likeness (QED) is 0.848. The normalized spacial score (nSPS) is 10.3. The number of likely N-dealkylation sites (N-methyl/N-ethyl adjacent to an activating group) is 1. The van der Waals surface area contributed by atoms with Gasteiger partial charge >= 0.3 is 0 Å². The van der Waals surface area contributed by atoms with E-state index in [4.69, 9.17) is 5.73 Å². The Balaban J connectivity index is 1.97. The molecule has 0 spiro atoms. The molecule has 0 aromatic carbocycles. The van der Waals surface area contributed by atoms with Gasteiger partial charge in [-0.25, -0.2) is 4.98 Å². The topological polar surface area (TPSA) is 67.9 Å². The first-order valence-corrected chi connectivity index (χ1v) is 5.90. The summed E-state index contributed by atoms with van der Waals surface area (Å²) < 4.78 is 0. The zero-order valence-corrected chi connectivity index (χ0v) is 10.5. The molecular formula is C13H17N5. The van der Waals surface area contributed by atoms with Crippen molar-refractivity contribution in [2.75, 3.05) is 18.5 Å². The molecule has 5 heteroatoms. The van der Waals surface area contributed by atoms with E-state index in [0.717, 1.165) is 24.5 Å². The Hall–Kier alpha value is -2.01. The SMILES string of the molecule is CN(CCc1ccncc1)c1cncc(CN)n1. The highest BCUT2D eigenvalue weighted by Gasteiger charge is 2.04. The summed E-state index contributed by atoms with van der Waals surface area (Å²) in [5.74, 6) is 0.854. The van der Waals surface area contributed by atoms with Crippen LogP contribution >= 0.6 is 0 Å². The lowest BCUT2D eigenvalue weighted by molar-refractivity contribution is 0.839. The van der Waals surface area contributed by atoms with Crippen LogP contribution in [0.15, 0.2) is 36.9 Å². The van der Waals surface area contributed by atoms with Gasteiger partial charge in [-0.05, 0) is 24.1 Å². The molecule has 18 heavy (non-hydrogen) atoms. The lowest BCUT2D eigenvalue weighted by Crippen LogP contribution is -2.22. The Morgan fingerprint density at radius 1 is 1.17 bits per heavy atom. The highest BCUT2D eigenvalue weighted by Crippen LogP contribution is 2.08. The molecule has 2 rings (SSSR count). The highest BCUT2D eigenvalue weighted by molar-refractivity contribution is 5.35. The number of rotatable bonds is 5. The van der Waals surface area contributed by atoms with E-state index in [9.17, 15) is 0 Å². The molecule has 0 aliphatic rings. The molecule has 2 N–H and O–H groups in total. The summed E-state index contributed by atoms with van der Waals surface area (Å²) in [5, 5.41) is 0. The standard InChI is InChI=1S/C13H17N5/c1-18(7-4-11-2-5-15-6-3-11)13-10-16-9-12(8-14)17-13/h2-3,5-6,9-10H,4,7-8,14H2,1H3. The van der Waals surface area contributed by atoms with Crippen LogP contribution in [0.1, 0.15) is 11.3 Å². The van der Waals surface area contributed by atoms with Crippen LogP contribution in [0, 0.1) is 0 Å². The van der Waals surface area contributed by atoms with E-state index >= 15 is 0 Å². The predicted octanol–water partition coefficient (Wildman–Crippen LogP) is 1.01. The van der Waals surface area contributed by atoms with Gasteiger partial charge in [-0.3, -0.25) is 9.97 Å². The lowest BCUT2D eigenvalue weighted by atomic mass is 10.2. The van der Waals surface area contributed by atoms with Gasteiger partial charge in [0.05, 0.1) is 11.9 Å². The van der Waals surface area contributed by atoms with Crippen LogP contribution in [0.25, 0.3) is 0 Å². The van der Waals surface area contributed by atoms with E-state index in [1.165, 1.54) is 5.56 Å². The molecule has 0 saturated carbocycles. The molecule has 0 radical (unpaired) electrons. The summed E-state index contributed by atoms with van der Waals surface area (Å²) in [6, 6.07) is 4.05. The van der Waals surface area contributed by atoms with E-state index in [1.807, 2.05) is 31.6 Å². The van der Waals surface area contributed by atoms with Crippen molar-refractivity contribution >= 4 is 5.82 Å². The second kappa shape index (κ2) is 6.07. The average molecular weight is 243 g/mol. The number of hydrogen-bond donors (Lipinski definition) is 1. The van der Waals surface area contributed by atoms with E-state index < -0.39 is 0 Å². The van der Waals surface area contributed by atoms with Gasteiger partial charge < -0.3 is 10.6 Å². The maximum Gasteiger partial charge on any atom is 0.147 e. The summed E-state index contributed by atoms with van der Waals surface area (Å²) in [6.45, 7) is 1.30. The first-order chi connectivity index (χ1) is 8.79. The van der Waals surface area contributed by atoms with Crippen LogP contribution in [0.4, 0.5) is 5.82 Å². The first kappa shape index (κ1) is 12.4. The molecule has 0 saturated heterocycles. The third kappa shape index (κ3) is 3.24. The minimum atomic E-state index is 0.416. The number of nitrogens with zero attached hydrogens (tertiary/aromatic N) is 4. The molecule has 0 fully saturated rings. The fourth-order valence-corrected chi connectivity index (χ4v) is 1.64. The Bertz CT molecular complexity index is 486. The first-order valence-electron chi connectivity index (χ1n) is 5.90. The van der Waals surface area contributed by atoms with Crippen LogP contribution < -0.4 is 10.6 Å². The van der Waals surface area contributed by atoms with Crippen molar-refractivity contribution in [1.29, 1.82) is 0 Å². The summed E-state index contributed by atoms with van der Waals surface area (Å²) in [4.78, 5) is 14.6. The van der Waals surface area contributed by atoms with Crippen molar-refractivity contribution in [3.05, 3.63) is 48.2 Å². The Morgan fingerprint density at radius 3 is 2.67 bits per heavy atom. The van der Waals surface area contributed by atoms with Gasteiger partial charge in [-0.2, -0.15) is 0 Å². The van der Waals surface area contributed by atoms with Crippen LogP contribution in [0.5, 0.6) is 0 Å². The van der Waals surface area contributed by atoms with E-state index in [1.54, 1.807) is 12.4 Å². The summed E-state index contributed by atoms with van der Waals surface area (Å²) >= 11 is 0. The molecule has 5 nitrogen and oxygen atoms in total. The van der Waals surface area contributed by atoms with Gasteiger partial charge in [-0.1, -0.05) is 0 Å². The van der Waals surface area contributed by atoms with Crippen LogP contribution in [0.3, 0.4) is 0 Å². The summed E-state index contributed by atoms with van der Waals surface area (Å²) in [6.07, 6.45) is 8.02. The van der Waals surface area contributed by atoms with E-state index in [-0.39, 0.29) is 0 Å². The minimum Gasteiger partial charge on any atom is -0.358 e. The van der Waals surface area contributed by atoms with Crippen molar-refractivity contribution in [2.45, 2.75) is 13.0 Å². The Labute approximate surface area is 107 Å². The van der Waals surface area contributed by atoms with E-state index in [2.05, 4.69) is 19.9 Å². The van der Waals surface area contributed by atoms with Crippen molar-refractivity contribution in [3.63, 3.8) is 0 Å². The summed E-state index contributed by atoms with van der Waals surface area (Å²) in [5.41, 5.74) is 7.63. The zero-order chi connectivity index (χ0) is 12.8. The largest absolute Gasteiger partial charge is 0.358 e. The van der Waals surface area contributed by atoms with Crippen LogP contribution in [-0.4, -0.2) is 28.5 Å². The third-order valence-corrected chi connectivity index (χ3v) is 2.76. The number of hydrogen-bond acceptors (Lipinski definition) is 5. The Morgan fingerprint density at radius 2 is 1.94 bits per heavy atom.